The summed E-state index contributed by atoms with van der Waals surface area (Å²) in [4.78, 5) is 28.3. The normalized spacial score (nSPS) is 10.9. The summed E-state index contributed by atoms with van der Waals surface area (Å²) in [6, 6.07) is 14.9. The number of ether oxygens (including phenoxy) is 1. The first-order valence-corrected chi connectivity index (χ1v) is 9.65. The highest BCUT2D eigenvalue weighted by Crippen LogP contribution is 2.25. The Balaban J connectivity index is 1.35. The van der Waals surface area contributed by atoms with E-state index in [-0.39, 0.29) is 11.5 Å². The summed E-state index contributed by atoms with van der Waals surface area (Å²) in [7, 11) is 0. The lowest BCUT2D eigenvalue weighted by molar-refractivity contribution is -0.117. The molecule has 2 aromatic heterocycles. The maximum absolute atomic E-state index is 14.3. The number of nitrogens with one attached hydrogen (secondary N) is 2. The number of nitrogens with zero attached hydrogens (tertiary/aromatic N) is 1. The molecular weight excluding hydrogens is 413 g/mol. The number of hydrogen-bond donors (Lipinski definition) is 2. The molecule has 0 saturated heterocycles. The summed E-state index contributed by atoms with van der Waals surface area (Å²) < 4.78 is 25.3. The zero-order chi connectivity index (χ0) is 22.5. The van der Waals surface area contributed by atoms with Gasteiger partial charge in [0, 0.05) is 23.2 Å². The van der Waals surface area contributed by atoms with Gasteiger partial charge in [-0.1, -0.05) is 24.3 Å². The molecular formula is C24H18FN3O4. The summed E-state index contributed by atoms with van der Waals surface area (Å²) in [5, 5.41) is 0.821. The predicted octanol–water partition coefficient (Wildman–Crippen LogP) is 4.54. The molecule has 8 heteroatoms. The topological polar surface area (TPSA) is 93.5 Å². The van der Waals surface area contributed by atoms with Gasteiger partial charge >= 0.3 is 5.91 Å². The second-order valence-corrected chi connectivity index (χ2v) is 6.81. The number of carbonyl (C=O) groups is 2. The monoisotopic (exact) mass is 431 g/mol. The van der Waals surface area contributed by atoms with Gasteiger partial charge in [-0.25, -0.2) is 4.39 Å². The molecule has 0 fully saturated rings. The highest BCUT2D eigenvalue weighted by atomic mass is 19.1. The number of hydrazine groups is 1. The lowest BCUT2D eigenvalue weighted by atomic mass is 10.1. The Morgan fingerprint density at radius 3 is 2.69 bits per heavy atom. The molecule has 2 aromatic carbocycles. The zero-order valence-corrected chi connectivity index (χ0v) is 17.0. The van der Waals surface area contributed by atoms with Crippen molar-refractivity contribution in [1.82, 2.24) is 15.8 Å². The third-order valence-corrected chi connectivity index (χ3v) is 4.59. The average Bonchev–Trinajstić information content (AvgIpc) is 3.15. The van der Waals surface area contributed by atoms with Gasteiger partial charge in [-0.05, 0) is 48.9 Å². The molecule has 0 aliphatic heterocycles. The molecule has 0 radical (unpaired) electrons. The van der Waals surface area contributed by atoms with Crippen molar-refractivity contribution in [2.45, 2.75) is 6.92 Å². The smallest absolute Gasteiger partial charge is 0.305 e. The van der Waals surface area contributed by atoms with E-state index >= 15 is 0 Å². The summed E-state index contributed by atoms with van der Waals surface area (Å²) in [5.74, 6) is -1.21. The van der Waals surface area contributed by atoms with Crippen molar-refractivity contribution in [3.63, 3.8) is 0 Å². The van der Waals surface area contributed by atoms with E-state index in [0.29, 0.717) is 22.5 Å². The number of halogens is 1. The van der Waals surface area contributed by atoms with Crippen LogP contribution in [-0.2, 0) is 4.79 Å². The van der Waals surface area contributed by atoms with Crippen molar-refractivity contribution in [1.29, 1.82) is 0 Å². The van der Waals surface area contributed by atoms with Crippen LogP contribution in [0.2, 0.25) is 0 Å². The second kappa shape index (κ2) is 9.13. The van der Waals surface area contributed by atoms with Gasteiger partial charge in [0.15, 0.2) is 17.3 Å². The number of furan rings is 1. The quantitative estimate of drug-likeness (QED) is 0.357. The van der Waals surface area contributed by atoms with Gasteiger partial charge in [0.1, 0.15) is 11.3 Å². The average molecular weight is 431 g/mol. The van der Waals surface area contributed by atoms with Gasteiger partial charge < -0.3 is 9.15 Å². The maximum atomic E-state index is 14.3. The minimum atomic E-state index is -0.594. The molecule has 0 bridgehead atoms. The molecule has 32 heavy (non-hydrogen) atoms. The third-order valence-electron chi connectivity index (χ3n) is 4.59. The molecule has 2 amide bonds. The summed E-state index contributed by atoms with van der Waals surface area (Å²) in [6.45, 7) is 1.76. The zero-order valence-electron chi connectivity index (χ0n) is 17.0. The van der Waals surface area contributed by atoms with E-state index in [1.54, 1.807) is 43.5 Å². The maximum Gasteiger partial charge on any atom is 0.305 e. The molecule has 2 N–H and O–H groups in total. The minimum Gasteiger partial charge on any atom is -0.453 e. The molecule has 0 saturated carbocycles. The third kappa shape index (κ3) is 4.65. The van der Waals surface area contributed by atoms with Gasteiger partial charge in [-0.2, -0.15) is 0 Å². The van der Waals surface area contributed by atoms with Crippen LogP contribution < -0.4 is 15.6 Å². The molecule has 0 aliphatic rings. The number of carbonyl (C=O) groups excluding carboxylic acids is 2. The number of para-hydroxylation sites is 1. The lowest BCUT2D eigenvalue weighted by Crippen LogP contribution is -2.40. The molecule has 0 atom stereocenters. The van der Waals surface area contributed by atoms with E-state index in [1.807, 2.05) is 12.1 Å². The van der Waals surface area contributed by atoms with Crippen molar-refractivity contribution in [2.24, 2.45) is 0 Å². The van der Waals surface area contributed by atoms with E-state index in [4.69, 9.17) is 9.15 Å². The van der Waals surface area contributed by atoms with Crippen LogP contribution in [0.5, 0.6) is 11.5 Å². The summed E-state index contributed by atoms with van der Waals surface area (Å²) in [5.41, 5.74) is 6.27. The number of fused-ring (bicyclic) bond motifs is 1. The molecule has 4 aromatic rings. The Kier molecular flexibility index (Phi) is 5.94. The number of benzene rings is 2. The SMILES string of the molecule is Cc1c(C(=O)NNC(=O)/C=C/c2ccc(Oc3cccnc3)c(F)c2)oc2ccccc12. The minimum absolute atomic E-state index is 0.0352. The van der Waals surface area contributed by atoms with Crippen LogP contribution in [0.25, 0.3) is 17.0 Å². The number of aryl methyl sites for hydroxylation is 1. The van der Waals surface area contributed by atoms with E-state index in [2.05, 4.69) is 15.8 Å². The predicted molar refractivity (Wildman–Crippen MR) is 116 cm³/mol. The first-order valence-electron chi connectivity index (χ1n) is 9.65. The molecule has 2 heterocycles. The van der Waals surface area contributed by atoms with Crippen LogP contribution in [0.1, 0.15) is 21.7 Å². The van der Waals surface area contributed by atoms with Crippen molar-refractivity contribution in [3.8, 4) is 11.5 Å². The van der Waals surface area contributed by atoms with Crippen molar-refractivity contribution in [3.05, 3.63) is 95.8 Å². The second-order valence-electron chi connectivity index (χ2n) is 6.81. The van der Waals surface area contributed by atoms with Gasteiger partial charge in [-0.3, -0.25) is 25.4 Å². The van der Waals surface area contributed by atoms with Gasteiger partial charge in [-0.15, -0.1) is 0 Å². The van der Waals surface area contributed by atoms with Gasteiger partial charge in [0.2, 0.25) is 0 Å². The number of hydrogen-bond acceptors (Lipinski definition) is 5. The Bertz CT molecular complexity index is 1320. The van der Waals surface area contributed by atoms with Crippen LogP contribution in [0, 0.1) is 12.7 Å². The van der Waals surface area contributed by atoms with Gasteiger partial charge in [0.25, 0.3) is 5.91 Å². The molecule has 0 spiro atoms. The van der Waals surface area contributed by atoms with Crippen molar-refractivity contribution in [2.75, 3.05) is 0 Å². The highest BCUT2D eigenvalue weighted by Gasteiger charge is 2.17. The highest BCUT2D eigenvalue weighted by molar-refractivity contribution is 6.00. The van der Waals surface area contributed by atoms with E-state index in [9.17, 15) is 14.0 Å². The summed E-state index contributed by atoms with van der Waals surface area (Å²) in [6.07, 6.45) is 5.63. The van der Waals surface area contributed by atoms with E-state index in [1.165, 1.54) is 30.5 Å². The van der Waals surface area contributed by atoms with E-state index < -0.39 is 17.6 Å². The first kappa shape index (κ1) is 20.8. The Hall–Kier alpha value is -4.46. The Morgan fingerprint density at radius 1 is 1.09 bits per heavy atom. The number of pyridine rings is 1. The van der Waals surface area contributed by atoms with Crippen LogP contribution >= 0.6 is 0 Å². The van der Waals surface area contributed by atoms with Gasteiger partial charge in [0.05, 0.1) is 6.20 Å². The Labute approximate surface area is 182 Å². The standard InChI is InChI=1S/C24H18FN3O4/c1-15-18-6-2-3-7-20(18)32-23(15)24(30)28-27-22(29)11-9-16-8-10-21(19(25)13-16)31-17-5-4-12-26-14-17/h2-14H,1H3,(H,27,29)(H,28,30)/b11-9+. The Morgan fingerprint density at radius 2 is 1.94 bits per heavy atom. The van der Waals surface area contributed by atoms with Crippen LogP contribution in [-0.4, -0.2) is 16.8 Å². The largest absolute Gasteiger partial charge is 0.453 e. The number of amides is 2. The summed E-state index contributed by atoms with van der Waals surface area (Å²) >= 11 is 0. The molecule has 7 nitrogen and oxygen atoms in total. The first-order chi connectivity index (χ1) is 15.5. The number of rotatable bonds is 5. The fourth-order valence-corrected chi connectivity index (χ4v) is 3.02. The molecule has 0 aliphatic carbocycles. The molecule has 0 unspecified atom stereocenters. The van der Waals surface area contributed by atoms with Crippen LogP contribution in [0.4, 0.5) is 4.39 Å². The van der Waals surface area contributed by atoms with Crippen molar-refractivity contribution >= 4 is 28.9 Å². The van der Waals surface area contributed by atoms with Crippen LogP contribution in [0.3, 0.4) is 0 Å². The molecule has 4 rings (SSSR count). The van der Waals surface area contributed by atoms with E-state index in [0.717, 1.165) is 5.39 Å². The lowest BCUT2D eigenvalue weighted by Gasteiger charge is -2.06. The molecule has 160 valence electrons. The van der Waals surface area contributed by atoms with Crippen molar-refractivity contribution < 1.29 is 23.1 Å². The fourth-order valence-electron chi connectivity index (χ4n) is 3.02. The number of aromatic nitrogens is 1. The fraction of sp³-hybridized carbons (Fsp3) is 0.0417. The van der Waals surface area contributed by atoms with Crippen LogP contribution in [0.15, 0.2) is 77.5 Å².